The van der Waals surface area contributed by atoms with E-state index in [-0.39, 0.29) is 17.5 Å². The Kier molecular flexibility index (Phi) is 6.21. The molecule has 2 N–H and O–H groups in total. The van der Waals surface area contributed by atoms with Crippen LogP contribution in [-0.2, 0) is 11.3 Å². The summed E-state index contributed by atoms with van der Waals surface area (Å²) in [5, 5.41) is 3.63. The summed E-state index contributed by atoms with van der Waals surface area (Å²) in [6.07, 6.45) is 6.36. The molecule has 2 aromatic rings. The summed E-state index contributed by atoms with van der Waals surface area (Å²) >= 11 is 5.32. The maximum atomic E-state index is 12.7. The second-order valence-electron chi connectivity index (χ2n) is 6.80. The Morgan fingerprint density at radius 1 is 1.35 bits per heavy atom. The second-order valence-corrected chi connectivity index (χ2v) is 7.19. The van der Waals surface area contributed by atoms with E-state index < -0.39 is 0 Å². The minimum absolute atomic E-state index is 0.0950. The van der Waals surface area contributed by atoms with Crippen LogP contribution in [0.1, 0.15) is 48.9 Å². The molecule has 1 fully saturated rings. The largest absolute Gasteiger partial charge is 0.385 e. The fourth-order valence-electron chi connectivity index (χ4n) is 3.48. The number of fused-ring (bicyclic) bond motifs is 1. The number of benzene rings is 1. The van der Waals surface area contributed by atoms with Crippen LogP contribution in [0.3, 0.4) is 0 Å². The molecule has 0 radical (unpaired) electrons. The number of nitrogens with zero attached hydrogens (tertiary/aromatic N) is 1. The van der Waals surface area contributed by atoms with Gasteiger partial charge in [0.2, 0.25) is 0 Å². The van der Waals surface area contributed by atoms with Crippen LogP contribution >= 0.6 is 12.2 Å². The average Bonchev–Trinajstić information content (AvgIpc) is 2.65. The Bertz CT molecular complexity index is 897. The molecule has 1 saturated carbocycles. The average molecular weight is 375 g/mol. The zero-order chi connectivity index (χ0) is 18.5. The van der Waals surface area contributed by atoms with E-state index >= 15 is 0 Å². The number of nitrogens with one attached hydrogen (secondary N) is 2. The van der Waals surface area contributed by atoms with Gasteiger partial charge in [-0.2, -0.15) is 0 Å². The van der Waals surface area contributed by atoms with E-state index in [1.807, 2.05) is 0 Å². The van der Waals surface area contributed by atoms with E-state index in [1.165, 1.54) is 19.3 Å². The number of carbonyl (C=O) groups is 1. The number of carbonyl (C=O) groups excluding carboxylic acids is 1. The smallest absolute Gasteiger partial charge is 0.262 e. The Balaban J connectivity index is 1.84. The molecule has 0 atom stereocenters. The number of methoxy groups -OCH3 is 1. The Hall–Kier alpha value is -1.99. The predicted molar refractivity (Wildman–Crippen MR) is 104 cm³/mol. The summed E-state index contributed by atoms with van der Waals surface area (Å²) < 4.78 is 6.94. The standard InChI is InChI=1S/C19H25N3O3S/c1-25-11-5-10-22-18(24)15-9-8-13(12-16(15)21-19(22)26)17(23)20-14-6-3-2-4-7-14/h8-9,12,14H,2-7,10-11H2,1H3,(H,20,23)(H,21,26). The second kappa shape index (κ2) is 8.60. The highest BCUT2D eigenvalue weighted by molar-refractivity contribution is 7.71. The van der Waals surface area contributed by atoms with Crippen molar-refractivity contribution >= 4 is 29.0 Å². The maximum absolute atomic E-state index is 12.7. The minimum Gasteiger partial charge on any atom is -0.385 e. The first-order valence-corrected chi connectivity index (χ1v) is 9.57. The third-order valence-electron chi connectivity index (χ3n) is 4.91. The van der Waals surface area contributed by atoms with Crippen molar-refractivity contribution in [3.63, 3.8) is 0 Å². The Morgan fingerprint density at radius 2 is 2.12 bits per heavy atom. The molecule has 6 nitrogen and oxygen atoms in total. The molecule has 1 aliphatic carbocycles. The van der Waals surface area contributed by atoms with Gasteiger partial charge in [0.1, 0.15) is 0 Å². The van der Waals surface area contributed by atoms with Crippen LogP contribution in [0.5, 0.6) is 0 Å². The van der Waals surface area contributed by atoms with Gasteiger partial charge in [-0.05, 0) is 49.7 Å². The van der Waals surface area contributed by atoms with E-state index in [0.29, 0.717) is 40.8 Å². The lowest BCUT2D eigenvalue weighted by Gasteiger charge is -2.22. The monoisotopic (exact) mass is 375 g/mol. The van der Waals surface area contributed by atoms with Crippen molar-refractivity contribution in [1.82, 2.24) is 14.9 Å². The van der Waals surface area contributed by atoms with Gasteiger partial charge in [0.05, 0.1) is 10.9 Å². The van der Waals surface area contributed by atoms with Crippen molar-refractivity contribution < 1.29 is 9.53 Å². The molecule has 0 saturated heterocycles. The van der Waals surface area contributed by atoms with Gasteiger partial charge in [-0.1, -0.05) is 19.3 Å². The maximum Gasteiger partial charge on any atom is 0.262 e. The molecule has 1 aromatic carbocycles. The van der Waals surface area contributed by atoms with Crippen LogP contribution in [0.4, 0.5) is 0 Å². The molecule has 7 heteroatoms. The number of hydrogen-bond donors (Lipinski definition) is 2. The van der Waals surface area contributed by atoms with Gasteiger partial charge in [0, 0.05) is 31.9 Å². The van der Waals surface area contributed by atoms with Crippen LogP contribution in [0.25, 0.3) is 10.9 Å². The van der Waals surface area contributed by atoms with Crippen molar-refractivity contribution in [3.8, 4) is 0 Å². The highest BCUT2D eigenvalue weighted by Crippen LogP contribution is 2.18. The Labute approximate surface area is 157 Å². The van der Waals surface area contributed by atoms with Crippen LogP contribution < -0.4 is 10.9 Å². The number of aromatic nitrogens is 2. The first-order valence-electron chi connectivity index (χ1n) is 9.17. The number of hydrogen-bond acceptors (Lipinski definition) is 4. The minimum atomic E-state index is -0.140. The summed E-state index contributed by atoms with van der Waals surface area (Å²) in [7, 11) is 1.63. The van der Waals surface area contributed by atoms with Crippen LogP contribution in [0.2, 0.25) is 0 Å². The van der Waals surface area contributed by atoms with Crippen molar-refractivity contribution in [2.45, 2.75) is 51.1 Å². The molecule has 140 valence electrons. The number of H-pyrrole nitrogens is 1. The van der Waals surface area contributed by atoms with Gasteiger partial charge >= 0.3 is 0 Å². The predicted octanol–water partition coefficient (Wildman–Crippen LogP) is 3.16. The molecule has 1 amide bonds. The molecular formula is C19H25N3O3S. The molecular weight excluding hydrogens is 350 g/mol. The van der Waals surface area contributed by atoms with Crippen molar-refractivity contribution in [2.75, 3.05) is 13.7 Å². The van der Waals surface area contributed by atoms with E-state index in [9.17, 15) is 9.59 Å². The third-order valence-corrected chi connectivity index (χ3v) is 5.24. The first kappa shape index (κ1) is 18.8. The lowest BCUT2D eigenvalue weighted by molar-refractivity contribution is 0.0928. The van der Waals surface area contributed by atoms with Gasteiger partial charge in [0.25, 0.3) is 11.5 Å². The zero-order valence-electron chi connectivity index (χ0n) is 15.0. The zero-order valence-corrected chi connectivity index (χ0v) is 15.9. The molecule has 0 aliphatic heterocycles. The van der Waals surface area contributed by atoms with Crippen molar-refractivity contribution in [3.05, 3.63) is 38.9 Å². The van der Waals surface area contributed by atoms with E-state index in [0.717, 1.165) is 12.8 Å². The fraction of sp³-hybridized carbons (Fsp3) is 0.526. The molecule has 1 aliphatic rings. The number of ether oxygens (including phenoxy) is 1. The molecule has 1 aromatic heterocycles. The van der Waals surface area contributed by atoms with Gasteiger partial charge in [-0.15, -0.1) is 0 Å². The summed E-state index contributed by atoms with van der Waals surface area (Å²) in [5.41, 5.74) is 1.00. The molecule has 0 spiro atoms. The van der Waals surface area contributed by atoms with Crippen molar-refractivity contribution in [2.24, 2.45) is 0 Å². The normalized spacial score (nSPS) is 15.3. The van der Waals surface area contributed by atoms with E-state index in [1.54, 1.807) is 29.9 Å². The molecule has 0 unspecified atom stereocenters. The quantitative estimate of drug-likeness (QED) is 0.601. The summed E-state index contributed by atoms with van der Waals surface area (Å²) in [4.78, 5) is 28.3. The number of rotatable bonds is 6. The van der Waals surface area contributed by atoms with E-state index in [4.69, 9.17) is 17.0 Å². The van der Waals surface area contributed by atoms with Crippen LogP contribution in [0.15, 0.2) is 23.0 Å². The fourth-order valence-corrected chi connectivity index (χ4v) is 3.77. The summed E-state index contributed by atoms with van der Waals surface area (Å²) in [6, 6.07) is 5.37. The Morgan fingerprint density at radius 3 is 2.85 bits per heavy atom. The van der Waals surface area contributed by atoms with E-state index in [2.05, 4.69) is 10.3 Å². The molecule has 3 rings (SSSR count). The van der Waals surface area contributed by atoms with Crippen LogP contribution in [0, 0.1) is 4.77 Å². The molecule has 1 heterocycles. The van der Waals surface area contributed by atoms with Gasteiger partial charge in [-0.3, -0.25) is 14.2 Å². The van der Waals surface area contributed by atoms with Gasteiger partial charge < -0.3 is 15.0 Å². The first-order chi connectivity index (χ1) is 12.6. The van der Waals surface area contributed by atoms with Gasteiger partial charge in [0.15, 0.2) is 4.77 Å². The number of amides is 1. The lowest BCUT2D eigenvalue weighted by Crippen LogP contribution is -2.36. The highest BCUT2D eigenvalue weighted by Gasteiger charge is 2.17. The number of aromatic amines is 1. The lowest BCUT2D eigenvalue weighted by atomic mass is 9.95. The third kappa shape index (κ3) is 4.22. The highest BCUT2D eigenvalue weighted by atomic mass is 32.1. The SMILES string of the molecule is COCCCn1c(=S)[nH]c2cc(C(=O)NC3CCCCC3)ccc2c1=O. The van der Waals surface area contributed by atoms with Crippen LogP contribution in [-0.4, -0.2) is 35.2 Å². The molecule has 0 bridgehead atoms. The van der Waals surface area contributed by atoms with Crippen molar-refractivity contribution in [1.29, 1.82) is 0 Å². The topological polar surface area (TPSA) is 76.1 Å². The van der Waals surface area contributed by atoms with Gasteiger partial charge in [-0.25, -0.2) is 0 Å². The molecule has 26 heavy (non-hydrogen) atoms. The summed E-state index contributed by atoms with van der Waals surface area (Å²) in [6.45, 7) is 1.07. The summed E-state index contributed by atoms with van der Waals surface area (Å²) in [5.74, 6) is -0.0950.